The molecule has 0 saturated carbocycles. The minimum atomic E-state index is 0.637. The number of hydrogen-bond acceptors (Lipinski definition) is 1. The number of nitrogens with one attached hydrogen (secondary N) is 1. The second kappa shape index (κ2) is 8.96. The van der Waals surface area contributed by atoms with E-state index in [1.807, 2.05) is 67.2 Å². The van der Waals surface area contributed by atoms with Crippen molar-refractivity contribution >= 4 is 52.2 Å². The van der Waals surface area contributed by atoms with Gasteiger partial charge in [-0.2, -0.15) is 0 Å². The second-order valence-electron chi connectivity index (χ2n) is 4.99. The summed E-state index contributed by atoms with van der Waals surface area (Å²) in [4.78, 5) is 4.48. The van der Waals surface area contributed by atoms with Crippen molar-refractivity contribution in [1.29, 1.82) is 0 Å². The zero-order chi connectivity index (χ0) is 16.7. The standard InChI is InChI=1S/C17H17Cl2N3S/c1-22(2)12-20-17(21-13-7-4-3-5-8-13)23-11-14-15(18)9-6-10-16(14)19/h3-10,12H,11H2,1-2H3/p+1. The van der Waals surface area contributed by atoms with Crippen LogP contribution in [0.5, 0.6) is 0 Å². The maximum absolute atomic E-state index is 6.23. The Labute approximate surface area is 151 Å². The molecule has 120 valence electrons. The van der Waals surface area contributed by atoms with Crippen LogP contribution in [0.1, 0.15) is 5.56 Å². The number of benzene rings is 2. The maximum atomic E-state index is 6.23. The Hall–Kier alpha value is -1.49. The van der Waals surface area contributed by atoms with Crippen LogP contribution >= 0.6 is 35.0 Å². The van der Waals surface area contributed by atoms with Gasteiger partial charge in [-0.1, -0.05) is 59.2 Å². The smallest absolute Gasteiger partial charge is 0.284 e. The summed E-state index contributed by atoms with van der Waals surface area (Å²) in [6.45, 7) is 0. The number of aliphatic imine (C=N–C) groups is 1. The van der Waals surface area contributed by atoms with Gasteiger partial charge in [0, 0.05) is 21.5 Å². The van der Waals surface area contributed by atoms with Crippen molar-refractivity contribution in [1.82, 2.24) is 0 Å². The predicted molar refractivity (Wildman–Crippen MR) is 103 cm³/mol. The first-order valence-electron chi connectivity index (χ1n) is 7.01. The number of para-hydroxylation sites is 1. The molecule has 0 aliphatic rings. The van der Waals surface area contributed by atoms with E-state index >= 15 is 0 Å². The molecule has 3 nitrogen and oxygen atoms in total. The fourth-order valence-corrected chi connectivity index (χ4v) is 3.32. The SMILES string of the molecule is C[N+](C)=CN=C(Nc1ccccc1)SCc1c(Cl)cccc1Cl. The Balaban J connectivity index is 2.15. The van der Waals surface area contributed by atoms with Crippen LogP contribution in [0.25, 0.3) is 0 Å². The summed E-state index contributed by atoms with van der Waals surface area (Å²) in [5, 5.41) is 5.43. The molecule has 0 aromatic heterocycles. The fourth-order valence-electron chi connectivity index (χ4n) is 1.73. The van der Waals surface area contributed by atoms with Crippen molar-refractivity contribution in [2.45, 2.75) is 5.75 Å². The minimum absolute atomic E-state index is 0.637. The lowest BCUT2D eigenvalue weighted by atomic mass is 10.2. The molecule has 23 heavy (non-hydrogen) atoms. The van der Waals surface area contributed by atoms with Crippen LogP contribution in [0.3, 0.4) is 0 Å². The predicted octanol–water partition coefficient (Wildman–Crippen LogP) is 5.00. The molecule has 0 amide bonds. The lowest BCUT2D eigenvalue weighted by Crippen LogP contribution is -2.10. The molecule has 2 aromatic rings. The van der Waals surface area contributed by atoms with Gasteiger partial charge in [0.2, 0.25) is 0 Å². The molecule has 0 aliphatic heterocycles. The maximum Gasteiger partial charge on any atom is 0.284 e. The van der Waals surface area contributed by atoms with Crippen LogP contribution in [0.15, 0.2) is 53.5 Å². The molecule has 0 fully saturated rings. The first-order valence-corrected chi connectivity index (χ1v) is 8.75. The molecule has 0 radical (unpaired) electrons. The van der Waals surface area contributed by atoms with Gasteiger partial charge in [0.25, 0.3) is 11.5 Å². The van der Waals surface area contributed by atoms with Gasteiger partial charge in [-0.15, -0.1) is 0 Å². The van der Waals surface area contributed by atoms with E-state index in [0.29, 0.717) is 15.8 Å². The van der Waals surface area contributed by atoms with Gasteiger partial charge in [0.1, 0.15) is 0 Å². The molecule has 0 unspecified atom stereocenters. The normalized spacial score (nSPS) is 11.2. The van der Waals surface area contributed by atoms with E-state index in [0.717, 1.165) is 16.4 Å². The van der Waals surface area contributed by atoms with Crippen LogP contribution < -0.4 is 5.32 Å². The summed E-state index contributed by atoms with van der Waals surface area (Å²) in [5.41, 5.74) is 1.89. The number of thioether (sulfide) groups is 1. The highest BCUT2D eigenvalue weighted by atomic mass is 35.5. The molecule has 0 atom stereocenters. The molecular weight excluding hydrogens is 349 g/mol. The summed E-state index contributed by atoms with van der Waals surface area (Å²) in [5.74, 6) is 0.637. The van der Waals surface area contributed by atoms with Crippen molar-refractivity contribution in [2.75, 3.05) is 19.4 Å². The van der Waals surface area contributed by atoms with Crippen molar-refractivity contribution < 1.29 is 4.58 Å². The van der Waals surface area contributed by atoms with Gasteiger partial charge in [0.15, 0.2) is 0 Å². The van der Waals surface area contributed by atoms with Crippen molar-refractivity contribution in [3.8, 4) is 0 Å². The topological polar surface area (TPSA) is 27.4 Å². The van der Waals surface area contributed by atoms with Gasteiger partial charge in [-0.25, -0.2) is 0 Å². The lowest BCUT2D eigenvalue weighted by molar-refractivity contribution is -0.460. The van der Waals surface area contributed by atoms with Crippen LogP contribution in [-0.4, -0.2) is 30.2 Å². The number of anilines is 1. The summed E-state index contributed by atoms with van der Waals surface area (Å²) >= 11 is 14.0. The fraction of sp³-hybridized carbons (Fsp3) is 0.176. The van der Waals surface area contributed by atoms with Crippen LogP contribution in [0.4, 0.5) is 5.69 Å². The summed E-state index contributed by atoms with van der Waals surface area (Å²) < 4.78 is 1.88. The summed E-state index contributed by atoms with van der Waals surface area (Å²) in [6.07, 6.45) is 1.76. The van der Waals surface area contributed by atoms with E-state index in [2.05, 4.69) is 10.3 Å². The molecule has 0 heterocycles. The van der Waals surface area contributed by atoms with Gasteiger partial charge in [0.05, 0.1) is 14.1 Å². The van der Waals surface area contributed by atoms with Crippen LogP contribution in [-0.2, 0) is 5.75 Å². The van der Waals surface area contributed by atoms with Gasteiger partial charge >= 0.3 is 0 Å². The Morgan fingerprint density at radius 2 is 1.74 bits per heavy atom. The number of halogens is 2. The highest BCUT2D eigenvalue weighted by Gasteiger charge is 2.11. The van der Waals surface area contributed by atoms with Gasteiger partial charge < -0.3 is 5.32 Å². The summed E-state index contributed by atoms with van der Waals surface area (Å²) in [7, 11) is 3.86. The number of hydrogen-bond donors (Lipinski definition) is 1. The van der Waals surface area contributed by atoms with E-state index < -0.39 is 0 Å². The minimum Gasteiger partial charge on any atom is -0.314 e. The number of rotatable bonds is 4. The third-order valence-corrected chi connectivity index (χ3v) is 4.47. The first kappa shape index (κ1) is 17.9. The average molecular weight is 367 g/mol. The van der Waals surface area contributed by atoms with E-state index in [9.17, 15) is 0 Å². The molecule has 0 saturated heterocycles. The molecule has 0 bridgehead atoms. The molecule has 2 aromatic carbocycles. The van der Waals surface area contributed by atoms with E-state index in [1.165, 1.54) is 0 Å². The van der Waals surface area contributed by atoms with Crippen molar-refractivity contribution in [3.63, 3.8) is 0 Å². The molecule has 0 spiro atoms. The number of amidine groups is 1. The first-order chi connectivity index (χ1) is 11.1. The molecule has 0 aliphatic carbocycles. The molecule has 1 N–H and O–H groups in total. The third kappa shape index (κ3) is 5.90. The van der Waals surface area contributed by atoms with Crippen LogP contribution in [0.2, 0.25) is 10.0 Å². The lowest BCUT2D eigenvalue weighted by Gasteiger charge is -2.07. The Kier molecular flexibility index (Phi) is 6.96. The van der Waals surface area contributed by atoms with E-state index in [-0.39, 0.29) is 0 Å². The number of nitrogens with zero attached hydrogens (tertiary/aromatic N) is 2. The largest absolute Gasteiger partial charge is 0.314 e. The Bertz CT molecular complexity index is 691. The monoisotopic (exact) mass is 366 g/mol. The molecule has 6 heteroatoms. The highest BCUT2D eigenvalue weighted by molar-refractivity contribution is 8.13. The zero-order valence-corrected chi connectivity index (χ0v) is 15.3. The van der Waals surface area contributed by atoms with Crippen molar-refractivity contribution in [3.05, 3.63) is 64.1 Å². The van der Waals surface area contributed by atoms with Gasteiger partial charge in [-0.05, 0) is 34.8 Å². The van der Waals surface area contributed by atoms with Gasteiger partial charge in [-0.3, -0.25) is 4.58 Å². The quantitative estimate of drug-likeness (QED) is 0.468. The zero-order valence-electron chi connectivity index (χ0n) is 13.0. The van der Waals surface area contributed by atoms with E-state index in [1.54, 1.807) is 18.1 Å². The Morgan fingerprint density at radius 3 is 2.35 bits per heavy atom. The third-order valence-electron chi connectivity index (χ3n) is 2.85. The summed E-state index contributed by atoms with van der Waals surface area (Å²) in [6, 6.07) is 15.5. The van der Waals surface area contributed by atoms with Crippen molar-refractivity contribution in [2.24, 2.45) is 4.99 Å². The van der Waals surface area contributed by atoms with Crippen LogP contribution in [0, 0.1) is 0 Å². The Morgan fingerprint density at radius 1 is 1.09 bits per heavy atom. The highest BCUT2D eigenvalue weighted by Crippen LogP contribution is 2.28. The molecular formula is C17H18Cl2N3S+. The molecule has 2 rings (SSSR count). The second-order valence-corrected chi connectivity index (χ2v) is 6.77. The average Bonchev–Trinajstić information content (AvgIpc) is 2.52. The van der Waals surface area contributed by atoms with E-state index in [4.69, 9.17) is 23.2 Å².